The largest absolute Gasteiger partial charge is 0.573 e. The molecule has 0 amide bonds. The van der Waals surface area contributed by atoms with E-state index in [0.717, 1.165) is 0 Å². The second-order valence-electron chi connectivity index (χ2n) is 3.19. The van der Waals surface area contributed by atoms with Gasteiger partial charge in [-0.05, 0) is 28.1 Å². The number of hydrogen-bond acceptors (Lipinski definition) is 2. The van der Waals surface area contributed by atoms with E-state index in [0.29, 0.717) is 0 Å². The minimum atomic E-state index is -4.85. The van der Waals surface area contributed by atoms with Gasteiger partial charge in [-0.2, -0.15) is 0 Å². The summed E-state index contributed by atoms with van der Waals surface area (Å²) < 4.78 is 40.3. The summed E-state index contributed by atoms with van der Waals surface area (Å²) in [7, 11) is 0. The first-order valence-electron chi connectivity index (χ1n) is 4.45. The van der Waals surface area contributed by atoms with E-state index in [1.165, 1.54) is 12.1 Å². The highest BCUT2D eigenvalue weighted by molar-refractivity contribution is 9.10. The van der Waals surface area contributed by atoms with Crippen LogP contribution in [0, 0.1) is 0 Å². The van der Waals surface area contributed by atoms with E-state index in [4.69, 9.17) is 0 Å². The monoisotopic (exact) mass is 307 g/mol. The van der Waals surface area contributed by atoms with Gasteiger partial charge in [-0.1, -0.05) is 12.1 Å². The molecule has 1 aromatic heterocycles. The molecule has 0 bridgehead atoms. The summed E-state index contributed by atoms with van der Waals surface area (Å²) in [5.74, 6) is -0.531. The zero-order valence-electron chi connectivity index (χ0n) is 8.14. The van der Waals surface area contributed by atoms with Crippen molar-refractivity contribution in [3.8, 4) is 5.75 Å². The van der Waals surface area contributed by atoms with Crippen LogP contribution in [0.3, 0.4) is 0 Å². The van der Waals surface area contributed by atoms with Crippen molar-refractivity contribution in [1.29, 1.82) is 0 Å². The maximum Gasteiger partial charge on any atom is 0.573 e. The predicted molar refractivity (Wildman–Crippen MR) is 59.0 cm³/mol. The Bertz CT molecular complexity index is 621. The molecular weight excluding hydrogens is 303 g/mol. The first kappa shape index (κ1) is 12.0. The second kappa shape index (κ2) is 4.06. The third kappa shape index (κ3) is 2.44. The first-order chi connectivity index (χ1) is 7.88. The molecule has 2 rings (SSSR count). The lowest BCUT2D eigenvalue weighted by atomic mass is 10.2. The molecule has 90 valence electrons. The minimum Gasteiger partial charge on any atom is -0.404 e. The summed E-state index contributed by atoms with van der Waals surface area (Å²) in [6.07, 6.45) is -4.85. The van der Waals surface area contributed by atoms with Gasteiger partial charge >= 0.3 is 6.36 Å². The molecule has 0 saturated carbocycles. The molecule has 7 heteroatoms. The Labute approximate surface area is 101 Å². The van der Waals surface area contributed by atoms with Crippen molar-refractivity contribution in [2.45, 2.75) is 6.36 Å². The summed E-state index contributed by atoms with van der Waals surface area (Å²) in [6, 6.07) is 6.07. The number of nitrogens with one attached hydrogen (secondary N) is 1. The number of halogens is 4. The van der Waals surface area contributed by atoms with Crippen LogP contribution in [0.15, 0.2) is 33.5 Å². The molecular formula is C10H5BrF3NO2. The normalized spacial score (nSPS) is 11.8. The van der Waals surface area contributed by atoms with Gasteiger partial charge in [0.1, 0.15) is 4.47 Å². The Kier molecular flexibility index (Phi) is 2.86. The molecule has 3 nitrogen and oxygen atoms in total. The van der Waals surface area contributed by atoms with Gasteiger partial charge < -0.3 is 9.72 Å². The van der Waals surface area contributed by atoms with E-state index < -0.39 is 17.7 Å². The molecule has 0 saturated heterocycles. The maximum atomic E-state index is 12.2. The minimum absolute atomic E-state index is 0.177. The van der Waals surface area contributed by atoms with Crippen LogP contribution in [0.25, 0.3) is 10.9 Å². The van der Waals surface area contributed by atoms with Crippen molar-refractivity contribution in [3.05, 3.63) is 39.1 Å². The molecule has 0 aliphatic heterocycles. The third-order valence-corrected chi connectivity index (χ3v) is 2.76. The predicted octanol–water partition coefficient (Wildman–Crippen LogP) is 3.19. The lowest BCUT2D eigenvalue weighted by Gasteiger charge is -2.12. The van der Waals surface area contributed by atoms with Crippen molar-refractivity contribution in [3.63, 3.8) is 0 Å². The number of aromatic nitrogens is 1. The van der Waals surface area contributed by atoms with Crippen LogP contribution in [-0.2, 0) is 0 Å². The number of rotatable bonds is 1. The Balaban J connectivity index is 2.74. The Hall–Kier alpha value is -1.50. The van der Waals surface area contributed by atoms with E-state index in [1.54, 1.807) is 12.1 Å². The molecule has 0 unspecified atom stereocenters. The molecule has 1 heterocycles. The molecule has 2 aromatic rings. The molecule has 1 aromatic carbocycles. The van der Waals surface area contributed by atoms with E-state index in [9.17, 15) is 18.0 Å². The number of aromatic amines is 1. The molecule has 0 spiro atoms. The number of benzene rings is 1. The number of para-hydroxylation sites is 1. The van der Waals surface area contributed by atoms with Gasteiger partial charge in [-0.15, -0.1) is 13.2 Å². The van der Waals surface area contributed by atoms with Crippen molar-refractivity contribution in [2.75, 3.05) is 0 Å². The third-order valence-electron chi connectivity index (χ3n) is 2.04. The number of H-pyrrole nitrogens is 1. The van der Waals surface area contributed by atoms with Crippen LogP contribution < -0.4 is 10.3 Å². The second-order valence-corrected chi connectivity index (χ2v) is 3.98. The van der Waals surface area contributed by atoms with Gasteiger partial charge in [0.25, 0.3) is 5.56 Å². The molecule has 0 radical (unpaired) electrons. The van der Waals surface area contributed by atoms with Crippen LogP contribution in [0.5, 0.6) is 5.75 Å². The number of fused-ring (bicyclic) bond motifs is 1. The molecule has 1 N–H and O–H groups in total. The summed E-state index contributed by atoms with van der Waals surface area (Å²) in [5.41, 5.74) is -0.400. The van der Waals surface area contributed by atoms with Gasteiger partial charge in [0.2, 0.25) is 0 Å². The maximum absolute atomic E-state index is 12.2. The number of hydrogen-bond donors (Lipinski definition) is 1. The smallest absolute Gasteiger partial charge is 0.404 e. The fourth-order valence-electron chi connectivity index (χ4n) is 1.40. The van der Waals surface area contributed by atoms with Crippen LogP contribution in [0.2, 0.25) is 0 Å². The summed E-state index contributed by atoms with van der Waals surface area (Å²) >= 11 is 2.79. The number of alkyl halides is 3. The van der Waals surface area contributed by atoms with Crippen molar-refractivity contribution >= 4 is 26.8 Å². The van der Waals surface area contributed by atoms with Gasteiger partial charge in [-0.3, -0.25) is 4.79 Å². The molecule has 0 aliphatic carbocycles. The van der Waals surface area contributed by atoms with Crippen molar-refractivity contribution in [2.24, 2.45) is 0 Å². The number of ether oxygens (including phenoxy) is 1. The highest BCUT2D eigenvalue weighted by Gasteiger charge is 2.33. The number of pyridine rings is 1. The molecule has 0 atom stereocenters. The molecule has 0 fully saturated rings. The van der Waals surface area contributed by atoms with Crippen LogP contribution in [-0.4, -0.2) is 11.3 Å². The highest BCUT2D eigenvalue weighted by atomic mass is 79.9. The average molecular weight is 308 g/mol. The van der Waals surface area contributed by atoms with E-state index in [2.05, 4.69) is 25.7 Å². The fourth-order valence-corrected chi connectivity index (χ4v) is 1.80. The Morgan fingerprint density at radius 2 is 1.88 bits per heavy atom. The lowest BCUT2D eigenvalue weighted by Crippen LogP contribution is -2.20. The van der Waals surface area contributed by atoms with Gasteiger partial charge in [0.05, 0.1) is 5.52 Å². The van der Waals surface area contributed by atoms with E-state index >= 15 is 0 Å². The van der Waals surface area contributed by atoms with Crippen molar-refractivity contribution < 1.29 is 17.9 Å². The fraction of sp³-hybridized carbons (Fsp3) is 0.100. The highest BCUT2D eigenvalue weighted by Crippen LogP contribution is 2.33. The van der Waals surface area contributed by atoms with Crippen LogP contribution >= 0.6 is 15.9 Å². The summed E-state index contributed by atoms with van der Waals surface area (Å²) in [5, 5.41) is 0.177. The quantitative estimate of drug-likeness (QED) is 0.879. The van der Waals surface area contributed by atoms with E-state index in [-0.39, 0.29) is 15.4 Å². The summed E-state index contributed by atoms with van der Waals surface area (Å²) in [6.45, 7) is 0. The van der Waals surface area contributed by atoms with Crippen LogP contribution in [0.1, 0.15) is 0 Å². The standard InChI is InChI=1S/C10H5BrF3NO2/c11-7-8(17-10(12,13)14)5-3-1-2-4-6(5)15-9(7)16/h1-4H,(H,15,16). The van der Waals surface area contributed by atoms with Gasteiger partial charge in [-0.25, -0.2) is 0 Å². The zero-order valence-corrected chi connectivity index (χ0v) is 9.72. The van der Waals surface area contributed by atoms with Crippen molar-refractivity contribution in [1.82, 2.24) is 4.98 Å². The topological polar surface area (TPSA) is 42.1 Å². The SMILES string of the molecule is O=c1[nH]c2ccccc2c(OC(F)(F)F)c1Br. The average Bonchev–Trinajstić information content (AvgIpc) is 2.23. The van der Waals surface area contributed by atoms with Crippen LogP contribution in [0.4, 0.5) is 13.2 Å². The first-order valence-corrected chi connectivity index (χ1v) is 5.24. The molecule has 17 heavy (non-hydrogen) atoms. The molecule has 0 aliphatic rings. The Morgan fingerprint density at radius 1 is 1.24 bits per heavy atom. The Morgan fingerprint density at radius 3 is 2.53 bits per heavy atom. The zero-order chi connectivity index (χ0) is 12.6. The van der Waals surface area contributed by atoms with Gasteiger partial charge in [0.15, 0.2) is 5.75 Å². The van der Waals surface area contributed by atoms with Gasteiger partial charge in [0, 0.05) is 5.39 Å². The lowest BCUT2D eigenvalue weighted by molar-refractivity contribution is -0.274. The van der Waals surface area contributed by atoms with E-state index in [1.807, 2.05) is 0 Å². The summed E-state index contributed by atoms with van der Waals surface area (Å²) in [4.78, 5) is 13.8.